The summed E-state index contributed by atoms with van der Waals surface area (Å²) >= 11 is 0. The van der Waals surface area contributed by atoms with E-state index in [1.54, 1.807) is 0 Å². The van der Waals surface area contributed by atoms with Gasteiger partial charge in [0.1, 0.15) is 23.2 Å². The summed E-state index contributed by atoms with van der Waals surface area (Å²) < 4.78 is 5.30. The molecule has 1 aromatic carbocycles. The Hall–Kier alpha value is -1.71. The summed E-state index contributed by atoms with van der Waals surface area (Å²) in [6.45, 7) is 2.12. The Balaban J connectivity index is 2.15. The second-order valence-electron chi connectivity index (χ2n) is 4.73. The van der Waals surface area contributed by atoms with Crippen molar-refractivity contribution in [3.63, 3.8) is 0 Å². The van der Waals surface area contributed by atoms with Crippen LogP contribution in [0.4, 0.5) is 0 Å². The number of esters is 1. The second kappa shape index (κ2) is 5.29. The van der Waals surface area contributed by atoms with Gasteiger partial charge in [0.15, 0.2) is 0 Å². The average Bonchev–Trinajstić information content (AvgIpc) is 2.27. The van der Waals surface area contributed by atoms with Crippen LogP contribution >= 0.6 is 0 Å². The van der Waals surface area contributed by atoms with Crippen LogP contribution in [0.2, 0.25) is 0 Å². The number of carbonyl (C=O) groups excluding carboxylic acids is 1. The molecule has 0 bridgehead atoms. The predicted octanol–water partition coefficient (Wildman–Crippen LogP) is 2.76. The summed E-state index contributed by atoms with van der Waals surface area (Å²) in [4.78, 5) is 11.8. The van der Waals surface area contributed by atoms with E-state index in [0.29, 0.717) is 12.0 Å². The molecule has 98 valence electrons. The number of phenols is 2. The Morgan fingerprint density at radius 2 is 2.11 bits per heavy atom. The quantitative estimate of drug-likeness (QED) is 0.637. The molecule has 2 rings (SSSR count). The summed E-state index contributed by atoms with van der Waals surface area (Å²) in [5, 5.41) is 19.1. The maximum Gasteiger partial charge on any atom is 0.342 e. The van der Waals surface area contributed by atoms with Crippen LogP contribution < -0.4 is 0 Å². The lowest BCUT2D eigenvalue weighted by molar-refractivity contribution is 0.0228. The lowest BCUT2D eigenvalue weighted by Crippen LogP contribution is -2.27. The number of carbonyl (C=O) groups is 1. The summed E-state index contributed by atoms with van der Waals surface area (Å²) in [5.41, 5.74) is 0.866. The van der Waals surface area contributed by atoms with Gasteiger partial charge in [-0.15, -0.1) is 0 Å². The van der Waals surface area contributed by atoms with Crippen molar-refractivity contribution in [2.75, 3.05) is 0 Å². The molecule has 2 N–H and O–H groups in total. The van der Waals surface area contributed by atoms with Gasteiger partial charge >= 0.3 is 5.97 Å². The predicted molar refractivity (Wildman–Crippen MR) is 66.8 cm³/mol. The Morgan fingerprint density at radius 3 is 2.83 bits per heavy atom. The van der Waals surface area contributed by atoms with Gasteiger partial charge in [-0.25, -0.2) is 4.79 Å². The molecule has 0 spiro atoms. The fourth-order valence-corrected chi connectivity index (χ4v) is 2.35. The molecule has 0 amide bonds. The minimum absolute atomic E-state index is 0.0201. The van der Waals surface area contributed by atoms with Crippen LogP contribution in [-0.2, 0) is 11.2 Å². The minimum Gasteiger partial charge on any atom is -0.508 e. The molecule has 0 radical (unpaired) electrons. The first kappa shape index (κ1) is 12.7. The summed E-state index contributed by atoms with van der Waals surface area (Å²) in [6, 6.07) is 2.69. The summed E-state index contributed by atoms with van der Waals surface area (Å²) in [5.74, 6) is -0.717. The monoisotopic (exact) mass is 250 g/mol. The number of phenolic OH excluding ortho intramolecular Hbond substituents is 2. The zero-order chi connectivity index (χ0) is 13.1. The zero-order valence-corrected chi connectivity index (χ0v) is 10.5. The van der Waals surface area contributed by atoms with E-state index in [-0.39, 0.29) is 23.2 Å². The Bertz CT molecular complexity index is 453. The Morgan fingerprint density at radius 1 is 1.33 bits per heavy atom. The van der Waals surface area contributed by atoms with Gasteiger partial charge in [0.05, 0.1) is 0 Å². The molecule has 0 aliphatic carbocycles. The molecular weight excluding hydrogens is 232 g/mol. The van der Waals surface area contributed by atoms with E-state index in [2.05, 4.69) is 6.92 Å². The number of fused-ring (bicyclic) bond motifs is 1. The molecule has 0 saturated heterocycles. The molecule has 0 fully saturated rings. The fraction of sp³-hybridized carbons (Fsp3) is 0.500. The highest BCUT2D eigenvalue weighted by atomic mass is 16.5. The third kappa shape index (κ3) is 2.58. The van der Waals surface area contributed by atoms with Gasteiger partial charge < -0.3 is 14.9 Å². The molecule has 18 heavy (non-hydrogen) atoms. The highest BCUT2D eigenvalue weighted by molar-refractivity contribution is 5.95. The first-order valence-corrected chi connectivity index (χ1v) is 6.37. The van der Waals surface area contributed by atoms with Crippen molar-refractivity contribution in [1.29, 1.82) is 0 Å². The largest absolute Gasteiger partial charge is 0.508 e. The van der Waals surface area contributed by atoms with Crippen molar-refractivity contribution < 1.29 is 19.7 Å². The van der Waals surface area contributed by atoms with Crippen LogP contribution in [0.15, 0.2) is 12.1 Å². The standard InChI is InChI=1S/C14H18O4/c1-2-3-4-5-11-7-9-6-10(15)8-12(16)13(9)14(17)18-11/h6,8,11,15-16H,2-5,7H2,1H3. The van der Waals surface area contributed by atoms with E-state index in [1.165, 1.54) is 6.07 Å². The lowest BCUT2D eigenvalue weighted by atomic mass is 9.95. The molecule has 0 saturated carbocycles. The van der Waals surface area contributed by atoms with Gasteiger partial charge in [-0.05, 0) is 24.5 Å². The van der Waals surface area contributed by atoms with Crippen LogP contribution in [-0.4, -0.2) is 22.3 Å². The van der Waals surface area contributed by atoms with E-state index < -0.39 is 5.97 Å². The first-order valence-electron chi connectivity index (χ1n) is 6.37. The molecule has 1 aromatic rings. The third-order valence-corrected chi connectivity index (χ3v) is 3.24. The highest BCUT2D eigenvalue weighted by Crippen LogP contribution is 2.33. The van der Waals surface area contributed by atoms with Crippen LogP contribution in [0, 0.1) is 0 Å². The van der Waals surface area contributed by atoms with E-state index in [0.717, 1.165) is 31.7 Å². The summed E-state index contributed by atoms with van der Waals surface area (Å²) in [6.07, 6.45) is 4.51. The Labute approximate surface area is 106 Å². The number of cyclic esters (lactones) is 1. The Kier molecular flexibility index (Phi) is 3.75. The zero-order valence-electron chi connectivity index (χ0n) is 10.5. The van der Waals surface area contributed by atoms with Gasteiger partial charge in [0, 0.05) is 12.5 Å². The number of hydrogen-bond donors (Lipinski definition) is 2. The van der Waals surface area contributed by atoms with Gasteiger partial charge in [-0.2, -0.15) is 0 Å². The van der Waals surface area contributed by atoms with Gasteiger partial charge in [-0.1, -0.05) is 19.8 Å². The molecular formula is C14H18O4. The minimum atomic E-state index is -0.491. The maximum absolute atomic E-state index is 11.8. The SMILES string of the molecule is CCCCCC1Cc2cc(O)cc(O)c2C(=O)O1. The van der Waals surface area contributed by atoms with E-state index in [9.17, 15) is 15.0 Å². The molecule has 1 heterocycles. The number of aromatic hydroxyl groups is 2. The topological polar surface area (TPSA) is 66.8 Å². The fourth-order valence-electron chi connectivity index (χ4n) is 2.35. The number of benzene rings is 1. The van der Waals surface area contributed by atoms with Crippen molar-refractivity contribution in [3.05, 3.63) is 23.3 Å². The number of hydrogen-bond acceptors (Lipinski definition) is 4. The van der Waals surface area contributed by atoms with Gasteiger partial charge in [0.2, 0.25) is 0 Å². The van der Waals surface area contributed by atoms with E-state index >= 15 is 0 Å². The summed E-state index contributed by atoms with van der Waals surface area (Å²) in [7, 11) is 0. The molecule has 1 aliphatic heterocycles. The van der Waals surface area contributed by atoms with Crippen molar-refractivity contribution >= 4 is 5.97 Å². The lowest BCUT2D eigenvalue weighted by Gasteiger charge is -2.25. The number of ether oxygens (including phenoxy) is 1. The third-order valence-electron chi connectivity index (χ3n) is 3.24. The maximum atomic E-state index is 11.8. The smallest absolute Gasteiger partial charge is 0.342 e. The van der Waals surface area contributed by atoms with Crippen LogP contribution in [0.25, 0.3) is 0 Å². The van der Waals surface area contributed by atoms with Crippen molar-refractivity contribution in [2.24, 2.45) is 0 Å². The van der Waals surface area contributed by atoms with E-state index in [1.807, 2.05) is 0 Å². The molecule has 1 aliphatic rings. The van der Waals surface area contributed by atoms with Crippen LogP contribution in [0.3, 0.4) is 0 Å². The molecule has 0 aromatic heterocycles. The molecule has 4 heteroatoms. The molecule has 4 nitrogen and oxygen atoms in total. The number of rotatable bonds is 4. The normalized spacial score (nSPS) is 18.3. The van der Waals surface area contributed by atoms with Gasteiger partial charge in [-0.3, -0.25) is 0 Å². The van der Waals surface area contributed by atoms with Crippen molar-refractivity contribution in [2.45, 2.75) is 45.1 Å². The number of unbranched alkanes of at least 4 members (excludes halogenated alkanes) is 2. The van der Waals surface area contributed by atoms with E-state index in [4.69, 9.17) is 4.74 Å². The van der Waals surface area contributed by atoms with Crippen LogP contribution in [0.1, 0.15) is 48.5 Å². The molecule has 1 unspecified atom stereocenters. The van der Waals surface area contributed by atoms with Crippen molar-refractivity contribution in [3.8, 4) is 11.5 Å². The highest BCUT2D eigenvalue weighted by Gasteiger charge is 2.29. The first-order chi connectivity index (χ1) is 8.61. The van der Waals surface area contributed by atoms with Crippen molar-refractivity contribution in [1.82, 2.24) is 0 Å². The van der Waals surface area contributed by atoms with Crippen LogP contribution in [0.5, 0.6) is 11.5 Å². The molecule has 1 atom stereocenters. The van der Waals surface area contributed by atoms with Gasteiger partial charge in [0.25, 0.3) is 0 Å². The average molecular weight is 250 g/mol. The second-order valence-corrected chi connectivity index (χ2v) is 4.73.